The predicted octanol–water partition coefficient (Wildman–Crippen LogP) is 3.46. The van der Waals surface area contributed by atoms with Crippen LogP contribution in [0.5, 0.6) is 0 Å². The number of nitrogens with zero attached hydrogens (tertiary/aromatic N) is 3. The first-order valence-corrected chi connectivity index (χ1v) is 10.2. The Morgan fingerprint density at radius 2 is 1.93 bits per heavy atom. The summed E-state index contributed by atoms with van der Waals surface area (Å²) >= 11 is 0. The number of aliphatic hydroxyl groups is 1. The Hall–Kier alpha value is -2.97. The first-order chi connectivity index (χ1) is 14.2. The Morgan fingerprint density at radius 1 is 1.17 bits per heavy atom. The van der Waals surface area contributed by atoms with Gasteiger partial charge in [0.05, 0.1) is 25.1 Å². The van der Waals surface area contributed by atoms with Gasteiger partial charge in [-0.15, -0.1) is 0 Å². The molecule has 1 fully saturated rings. The van der Waals surface area contributed by atoms with Gasteiger partial charge in [-0.3, -0.25) is 9.78 Å². The monoisotopic (exact) mass is 387 g/mol. The van der Waals surface area contributed by atoms with Crippen LogP contribution in [0.2, 0.25) is 0 Å². The molecule has 0 unspecified atom stereocenters. The number of allylic oxidation sites excluding steroid dienone is 2. The van der Waals surface area contributed by atoms with Gasteiger partial charge in [0, 0.05) is 18.3 Å². The van der Waals surface area contributed by atoms with E-state index in [9.17, 15) is 15.2 Å². The Bertz CT molecular complexity index is 931. The molecule has 2 aromatic rings. The number of pyridine rings is 1. The quantitative estimate of drug-likeness (QED) is 0.852. The highest BCUT2D eigenvalue weighted by Gasteiger charge is 2.51. The van der Waals surface area contributed by atoms with Crippen LogP contribution in [-0.4, -0.2) is 39.6 Å². The molecule has 0 radical (unpaired) electrons. The lowest BCUT2D eigenvalue weighted by Gasteiger charge is -2.51. The van der Waals surface area contributed by atoms with Gasteiger partial charge in [-0.25, -0.2) is 0 Å². The summed E-state index contributed by atoms with van der Waals surface area (Å²) in [4.78, 5) is 18.3. The minimum Gasteiger partial charge on any atom is -0.394 e. The number of carbonyl (C=O) groups excluding carboxylic acids is 1. The van der Waals surface area contributed by atoms with E-state index in [4.69, 9.17) is 0 Å². The molecule has 5 nitrogen and oxygen atoms in total. The smallest absolute Gasteiger partial charge is 0.228 e. The summed E-state index contributed by atoms with van der Waals surface area (Å²) in [6.07, 6.45) is 10.6. The molecule has 2 heterocycles. The van der Waals surface area contributed by atoms with Gasteiger partial charge in [0.15, 0.2) is 0 Å². The van der Waals surface area contributed by atoms with Gasteiger partial charge in [0.25, 0.3) is 0 Å². The standard InChI is InChI=1S/C24H25N3O2/c25-15-21-24(20-8-6-19(7-9-20)18-4-2-1-3-5-18)22(16-28)27(21)23(29)14-17-10-12-26-13-11-17/h4,6-13,21-22,24,28H,1-3,5,14,16H2/t21-,22+,24+/m0/s1. The van der Waals surface area contributed by atoms with Crippen molar-refractivity contribution in [3.63, 3.8) is 0 Å². The maximum Gasteiger partial charge on any atom is 0.228 e. The molecular formula is C24H25N3O2. The number of rotatable bonds is 5. The second-order valence-electron chi connectivity index (χ2n) is 7.78. The minimum absolute atomic E-state index is 0.137. The topological polar surface area (TPSA) is 77.2 Å². The normalized spacial score (nSPS) is 23.7. The van der Waals surface area contributed by atoms with Gasteiger partial charge >= 0.3 is 0 Å². The number of nitriles is 1. The molecule has 0 spiro atoms. The lowest BCUT2D eigenvalue weighted by Crippen LogP contribution is -2.65. The molecule has 1 aliphatic carbocycles. The summed E-state index contributed by atoms with van der Waals surface area (Å²) in [5.41, 5.74) is 4.48. The molecule has 0 saturated carbocycles. The van der Waals surface area contributed by atoms with E-state index in [2.05, 4.69) is 29.3 Å². The van der Waals surface area contributed by atoms with Crippen LogP contribution in [0.15, 0.2) is 54.9 Å². The molecule has 0 bridgehead atoms. The third-order valence-corrected chi connectivity index (χ3v) is 6.08. The number of hydrogen-bond acceptors (Lipinski definition) is 4. The average molecular weight is 387 g/mol. The van der Waals surface area contributed by atoms with Crippen molar-refractivity contribution in [3.05, 3.63) is 71.6 Å². The van der Waals surface area contributed by atoms with E-state index in [0.717, 1.165) is 24.0 Å². The van der Waals surface area contributed by atoms with Crippen molar-refractivity contribution < 1.29 is 9.90 Å². The molecule has 1 aromatic heterocycles. The van der Waals surface area contributed by atoms with Crippen molar-refractivity contribution in [1.29, 1.82) is 5.26 Å². The van der Waals surface area contributed by atoms with Crippen molar-refractivity contribution in [2.75, 3.05) is 6.61 Å². The second-order valence-corrected chi connectivity index (χ2v) is 7.78. The summed E-state index contributed by atoms with van der Waals surface area (Å²) in [5, 5.41) is 19.7. The van der Waals surface area contributed by atoms with Crippen LogP contribution < -0.4 is 0 Å². The summed E-state index contributed by atoms with van der Waals surface area (Å²) in [6, 6.07) is 13.3. The van der Waals surface area contributed by atoms with Crippen LogP contribution in [0.25, 0.3) is 5.57 Å². The van der Waals surface area contributed by atoms with Crippen LogP contribution in [-0.2, 0) is 11.2 Å². The second kappa shape index (κ2) is 8.59. The zero-order valence-corrected chi connectivity index (χ0v) is 16.4. The van der Waals surface area contributed by atoms with Gasteiger partial charge in [-0.05, 0) is 60.1 Å². The Labute approximate surface area is 171 Å². The largest absolute Gasteiger partial charge is 0.394 e. The highest BCUT2D eigenvalue weighted by atomic mass is 16.3. The Kier molecular flexibility index (Phi) is 5.73. The lowest BCUT2D eigenvalue weighted by atomic mass is 9.75. The fourth-order valence-corrected chi connectivity index (χ4v) is 4.54. The molecule has 29 heavy (non-hydrogen) atoms. The molecule has 148 valence electrons. The molecular weight excluding hydrogens is 362 g/mol. The number of amides is 1. The van der Waals surface area contributed by atoms with Crippen molar-refractivity contribution in [1.82, 2.24) is 9.88 Å². The number of benzene rings is 1. The maximum atomic E-state index is 12.8. The molecule has 1 saturated heterocycles. The summed E-state index contributed by atoms with van der Waals surface area (Å²) < 4.78 is 0. The van der Waals surface area contributed by atoms with E-state index < -0.39 is 6.04 Å². The first-order valence-electron chi connectivity index (χ1n) is 10.2. The van der Waals surface area contributed by atoms with E-state index in [-0.39, 0.29) is 30.9 Å². The summed E-state index contributed by atoms with van der Waals surface area (Å²) in [6.45, 7) is -0.155. The van der Waals surface area contributed by atoms with Gasteiger partial charge < -0.3 is 10.0 Å². The van der Waals surface area contributed by atoms with Crippen molar-refractivity contribution in [3.8, 4) is 6.07 Å². The van der Waals surface area contributed by atoms with Crippen LogP contribution >= 0.6 is 0 Å². The molecule has 3 atom stereocenters. The van der Waals surface area contributed by atoms with E-state index >= 15 is 0 Å². The zero-order valence-electron chi connectivity index (χ0n) is 16.4. The third kappa shape index (κ3) is 3.81. The zero-order chi connectivity index (χ0) is 20.2. The molecule has 1 aromatic carbocycles. The fourth-order valence-electron chi connectivity index (χ4n) is 4.54. The number of aromatic nitrogens is 1. The average Bonchev–Trinajstić information content (AvgIpc) is 2.75. The van der Waals surface area contributed by atoms with E-state index in [1.165, 1.54) is 24.0 Å². The number of aliphatic hydroxyl groups excluding tert-OH is 1. The van der Waals surface area contributed by atoms with E-state index in [0.29, 0.717) is 0 Å². The van der Waals surface area contributed by atoms with Crippen LogP contribution in [0.1, 0.15) is 48.3 Å². The first kappa shape index (κ1) is 19.4. The van der Waals surface area contributed by atoms with Gasteiger partial charge in [0.1, 0.15) is 6.04 Å². The van der Waals surface area contributed by atoms with E-state index in [1.807, 2.05) is 12.1 Å². The molecule has 4 rings (SSSR count). The fraction of sp³-hybridized carbons (Fsp3) is 0.375. The lowest BCUT2D eigenvalue weighted by molar-refractivity contribution is -0.146. The van der Waals surface area contributed by atoms with Crippen molar-refractivity contribution in [2.24, 2.45) is 0 Å². The number of carbonyl (C=O) groups is 1. The van der Waals surface area contributed by atoms with Gasteiger partial charge in [-0.2, -0.15) is 5.26 Å². The van der Waals surface area contributed by atoms with Gasteiger partial charge in [-0.1, -0.05) is 30.3 Å². The van der Waals surface area contributed by atoms with Crippen LogP contribution in [0.4, 0.5) is 0 Å². The molecule has 1 aliphatic heterocycles. The minimum atomic E-state index is -0.554. The number of hydrogen-bond donors (Lipinski definition) is 1. The SMILES string of the molecule is N#C[C@H]1[C@@H](c2ccc(C3=CCCCC3)cc2)[C@@H](CO)N1C(=O)Cc1ccncc1. The van der Waals surface area contributed by atoms with E-state index in [1.54, 1.807) is 29.4 Å². The predicted molar refractivity (Wildman–Crippen MR) is 111 cm³/mol. The molecule has 5 heteroatoms. The summed E-state index contributed by atoms with van der Waals surface area (Å²) in [5.74, 6) is -0.303. The van der Waals surface area contributed by atoms with Crippen LogP contribution in [0.3, 0.4) is 0 Å². The Balaban J connectivity index is 1.51. The third-order valence-electron chi connectivity index (χ3n) is 6.08. The van der Waals surface area contributed by atoms with Crippen molar-refractivity contribution in [2.45, 2.75) is 50.1 Å². The Morgan fingerprint density at radius 3 is 2.55 bits per heavy atom. The number of likely N-dealkylation sites (tertiary alicyclic amines) is 1. The van der Waals surface area contributed by atoms with Crippen molar-refractivity contribution >= 4 is 11.5 Å². The maximum absolute atomic E-state index is 12.8. The molecule has 1 amide bonds. The van der Waals surface area contributed by atoms with Gasteiger partial charge in [0.2, 0.25) is 5.91 Å². The highest BCUT2D eigenvalue weighted by Crippen LogP contribution is 2.41. The van der Waals surface area contributed by atoms with Crippen LogP contribution in [0, 0.1) is 11.3 Å². The molecule has 1 N–H and O–H groups in total. The molecule has 2 aliphatic rings. The highest BCUT2D eigenvalue weighted by molar-refractivity contribution is 5.81. The summed E-state index contributed by atoms with van der Waals surface area (Å²) in [7, 11) is 0.